The summed E-state index contributed by atoms with van der Waals surface area (Å²) in [7, 11) is -3.98. The molecule has 0 aliphatic heterocycles. The second-order valence-corrected chi connectivity index (χ2v) is 10.8. The van der Waals surface area contributed by atoms with Crippen LogP contribution in [0.25, 0.3) is 0 Å². The molecule has 0 aromatic rings. The van der Waals surface area contributed by atoms with Crippen LogP contribution in [0.5, 0.6) is 0 Å². The topological polar surface area (TPSA) is 66.4 Å². The molecule has 4 bridgehead atoms. The Balaban J connectivity index is 1.82. The molecule has 4 fully saturated rings. The van der Waals surface area contributed by atoms with E-state index >= 15 is 0 Å². The Morgan fingerprint density at radius 2 is 1.57 bits per heavy atom. The zero-order valence-electron chi connectivity index (χ0n) is 13.6. The van der Waals surface area contributed by atoms with Crippen molar-refractivity contribution in [3.05, 3.63) is 0 Å². The lowest BCUT2D eigenvalue weighted by molar-refractivity contribution is -0.120. The molecule has 4 saturated carbocycles. The molecule has 4 atom stereocenters. The first-order valence-electron chi connectivity index (χ1n) is 8.19. The van der Waals surface area contributed by atoms with Gasteiger partial charge in [0.1, 0.15) is 0 Å². The van der Waals surface area contributed by atoms with Gasteiger partial charge in [0.15, 0.2) is 0 Å². The first-order chi connectivity index (χ1) is 9.45. The lowest BCUT2D eigenvalue weighted by atomic mass is 9.42. The van der Waals surface area contributed by atoms with E-state index in [0.717, 1.165) is 18.8 Å². The molecule has 0 radical (unpaired) electrons. The monoisotopic (exact) mass is 315 g/mol. The van der Waals surface area contributed by atoms with Crippen molar-refractivity contribution in [3.63, 3.8) is 0 Å². The van der Waals surface area contributed by atoms with E-state index in [1.54, 1.807) is 6.92 Å². The number of rotatable bonds is 4. The Bertz CT molecular complexity index is 526. The molecule has 0 amide bonds. The fraction of sp³-hybridized carbons (Fsp3) is 1.00. The molecule has 122 valence electrons. The number of hydrogen-bond donors (Lipinski definition) is 2. The highest BCUT2D eigenvalue weighted by molar-refractivity contribution is 7.86. The maximum absolute atomic E-state index is 11.4. The third kappa shape index (κ3) is 2.77. The summed E-state index contributed by atoms with van der Waals surface area (Å²) in [6.07, 6.45) is 7.43. The van der Waals surface area contributed by atoms with Gasteiger partial charge in [-0.2, -0.15) is 8.42 Å². The predicted octanol–water partition coefficient (Wildman–Crippen LogP) is 2.99. The van der Waals surface area contributed by atoms with Crippen LogP contribution in [-0.2, 0) is 10.1 Å². The molecular formula is C16H29NO3S. The van der Waals surface area contributed by atoms with Crippen LogP contribution in [0.4, 0.5) is 0 Å². The van der Waals surface area contributed by atoms with Crippen LogP contribution >= 0.6 is 0 Å². The molecule has 0 heterocycles. The minimum absolute atomic E-state index is 0.0707. The normalized spacial score (nSPS) is 48.3. The SMILES string of the molecule is CC(NC12CC3CC(C)(CC(C)(C3)C1)C2)C(C)S(=O)(=O)O. The predicted molar refractivity (Wildman–Crippen MR) is 83.7 cm³/mol. The third-order valence-corrected chi connectivity index (χ3v) is 7.68. The average Bonchev–Trinajstić information content (AvgIpc) is 2.20. The Morgan fingerprint density at radius 1 is 1.05 bits per heavy atom. The van der Waals surface area contributed by atoms with Crippen molar-refractivity contribution in [2.75, 3.05) is 0 Å². The molecule has 5 heteroatoms. The van der Waals surface area contributed by atoms with Crippen molar-refractivity contribution in [3.8, 4) is 0 Å². The van der Waals surface area contributed by atoms with E-state index < -0.39 is 15.4 Å². The highest BCUT2D eigenvalue weighted by atomic mass is 32.2. The van der Waals surface area contributed by atoms with Gasteiger partial charge in [0.05, 0.1) is 5.25 Å². The highest BCUT2D eigenvalue weighted by Crippen LogP contribution is 2.66. The van der Waals surface area contributed by atoms with Crippen molar-refractivity contribution >= 4 is 10.1 Å². The second kappa shape index (κ2) is 4.45. The van der Waals surface area contributed by atoms with Crippen LogP contribution in [0.15, 0.2) is 0 Å². The smallest absolute Gasteiger partial charge is 0.269 e. The maximum Gasteiger partial charge on any atom is 0.269 e. The van der Waals surface area contributed by atoms with E-state index in [1.165, 1.54) is 25.7 Å². The molecular weight excluding hydrogens is 286 g/mol. The van der Waals surface area contributed by atoms with Crippen LogP contribution in [-0.4, -0.2) is 29.8 Å². The molecule has 4 rings (SSSR count). The van der Waals surface area contributed by atoms with Crippen molar-refractivity contribution in [1.82, 2.24) is 5.32 Å². The zero-order chi connectivity index (χ0) is 15.7. The summed E-state index contributed by atoms with van der Waals surface area (Å²) < 4.78 is 32.1. The van der Waals surface area contributed by atoms with Crippen molar-refractivity contribution in [2.24, 2.45) is 16.7 Å². The van der Waals surface area contributed by atoms with Crippen LogP contribution in [0.1, 0.15) is 66.2 Å². The standard InChI is InChI=1S/C16H29NO3S/c1-11(12(2)21(18,19)20)17-16-7-13-5-14(3,9-16)8-15(4,6-13)10-16/h11-13,17H,5-10H2,1-4H3,(H,18,19,20). The molecule has 4 aliphatic rings. The molecule has 4 nitrogen and oxygen atoms in total. The Labute approximate surface area is 128 Å². The van der Waals surface area contributed by atoms with Crippen molar-refractivity contribution in [1.29, 1.82) is 0 Å². The van der Waals surface area contributed by atoms with Gasteiger partial charge >= 0.3 is 0 Å². The van der Waals surface area contributed by atoms with Crippen LogP contribution in [0.3, 0.4) is 0 Å². The molecule has 0 saturated heterocycles. The quantitative estimate of drug-likeness (QED) is 0.783. The van der Waals surface area contributed by atoms with Crippen LogP contribution in [0, 0.1) is 16.7 Å². The molecule has 4 unspecified atom stereocenters. The van der Waals surface area contributed by atoms with E-state index in [0.29, 0.717) is 10.8 Å². The Kier molecular flexibility index (Phi) is 3.34. The molecule has 0 aromatic heterocycles. The van der Waals surface area contributed by atoms with E-state index in [9.17, 15) is 13.0 Å². The summed E-state index contributed by atoms with van der Waals surface area (Å²) >= 11 is 0. The zero-order valence-corrected chi connectivity index (χ0v) is 14.5. The summed E-state index contributed by atoms with van der Waals surface area (Å²) in [6, 6.07) is -0.219. The molecule has 4 aliphatic carbocycles. The van der Waals surface area contributed by atoms with Gasteiger partial charge in [-0.05, 0) is 69.1 Å². The van der Waals surface area contributed by atoms with Gasteiger partial charge < -0.3 is 5.32 Å². The van der Waals surface area contributed by atoms with Gasteiger partial charge in [0.2, 0.25) is 0 Å². The van der Waals surface area contributed by atoms with E-state index in [4.69, 9.17) is 0 Å². The minimum atomic E-state index is -3.98. The first-order valence-corrected chi connectivity index (χ1v) is 9.69. The molecule has 0 spiro atoms. The lowest BCUT2D eigenvalue weighted by Gasteiger charge is -2.66. The summed E-state index contributed by atoms with van der Waals surface area (Å²) in [5, 5.41) is 2.88. The van der Waals surface area contributed by atoms with Crippen LogP contribution < -0.4 is 5.32 Å². The van der Waals surface area contributed by atoms with Gasteiger partial charge in [-0.25, -0.2) is 0 Å². The lowest BCUT2D eigenvalue weighted by Crippen LogP contribution is -2.66. The van der Waals surface area contributed by atoms with Crippen molar-refractivity contribution < 1.29 is 13.0 Å². The molecule has 2 N–H and O–H groups in total. The summed E-state index contributed by atoms with van der Waals surface area (Å²) in [4.78, 5) is 0. The fourth-order valence-corrected chi connectivity index (χ4v) is 7.05. The van der Waals surface area contributed by atoms with Crippen molar-refractivity contribution in [2.45, 2.75) is 83.1 Å². The average molecular weight is 315 g/mol. The summed E-state index contributed by atoms with van der Waals surface area (Å²) in [6.45, 7) is 8.30. The van der Waals surface area contributed by atoms with Gasteiger partial charge in [-0.1, -0.05) is 13.8 Å². The first kappa shape index (κ1) is 15.8. The van der Waals surface area contributed by atoms with Gasteiger partial charge in [-0.3, -0.25) is 4.55 Å². The van der Waals surface area contributed by atoms with E-state index in [1.807, 2.05) is 6.92 Å². The van der Waals surface area contributed by atoms with E-state index in [-0.39, 0.29) is 11.6 Å². The molecule has 21 heavy (non-hydrogen) atoms. The Morgan fingerprint density at radius 3 is 2.00 bits per heavy atom. The maximum atomic E-state index is 11.4. The number of hydrogen-bond acceptors (Lipinski definition) is 3. The minimum Gasteiger partial charge on any atom is -0.307 e. The largest absolute Gasteiger partial charge is 0.307 e. The fourth-order valence-electron chi connectivity index (χ4n) is 6.47. The summed E-state index contributed by atoms with van der Waals surface area (Å²) in [5.41, 5.74) is 0.881. The second-order valence-electron chi connectivity index (χ2n) is 9.06. The third-order valence-electron chi connectivity index (χ3n) is 6.33. The van der Waals surface area contributed by atoms with Gasteiger partial charge in [-0.15, -0.1) is 0 Å². The van der Waals surface area contributed by atoms with Crippen LogP contribution in [0.2, 0.25) is 0 Å². The molecule has 0 aromatic carbocycles. The number of nitrogens with one attached hydrogen (secondary N) is 1. The van der Waals surface area contributed by atoms with E-state index in [2.05, 4.69) is 19.2 Å². The van der Waals surface area contributed by atoms with Gasteiger partial charge in [0, 0.05) is 11.6 Å². The van der Waals surface area contributed by atoms with Gasteiger partial charge in [0.25, 0.3) is 10.1 Å². The highest BCUT2D eigenvalue weighted by Gasteiger charge is 2.60. The Hall–Kier alpha value is -0.130. The summed E-state index contributed by atoms with van der Waals surface area (Å²) in [5.74, 6) is 0.775.